The van der Waals surface area contributed by atoms with Crippen molar-refractivity contribution in [1.29, 1.82) is 0 Å². The molecule has 6 aromatic rings. The Labute approximate surface area is 213 Å². The number of pyridine rings is 1. The summed E-state index contributed by atoms with van der Waals surface area (Å²) in [4.78, 5) is 32.6. The molecule has 1 amide bonds. The predicted octanol–water partition coefficient (Wildman–Crippen LogP) is 5.53. The molecule has 0 unspecified atom stereocenters. The van der Waals surface area contributed by atoms with Gasteiger partial charge in [0, 0.05) is 63.9 Å². The van der Waals surface area contributed by atoms with E-state index in [2.05, 4.69) is 54.6 Å². The summed E-state index contributed by atoms with van der Waals surface area (Å²) in [6, 6.07) is 21.6. The summed E-state index contributed by atoms with van der Waals surface area (Å²) in [5, 5.41) is 8.42. The zero-order valence-corrected chi connectivity index (χ0v) is 20.2. The lowest BCUT2D eigenvalue weighted by atomic mass is 10.1. The molecule has 182 valence electrons. The highest BCUT2D eigenvalue weighted by Crippen LogP contribution is 2.24. The number of benzene rings is 2. The molecule has 8 heteroatoms. The lowest BCUT2D eigenvalue weighted by Gasteiger charge is -2.06. The standard InChI is InChI=1S/C29H25N7O/c1-18-22(23-6-2-3-7-26(23)33-18)10-13-31-28(37)27-16-20-15-21(8-9-24(20)35-27)34-29-32-14-11-25(36-29)19-5-4-12-30-17-19/h2-9,11-12,14-17,33,35H,10,13H2,1H3,(H,31,37)(H,32,34,36). The van der Waals surface area contributed by atoms with Gasteiger partial charge in [-0.05, 0) is 67.4 Å². The van der Waals surface area contributed by atoms with Crippen molar-refractivity contribution >= 4 is 39.3 Å². The van der Waals surface area contributed by atoms with Gasteiger partial charge in [-0.25, -0.2) is 9.97 Å². The normalized spacial score (nSPS) is 11.2. The minimum absolute atomic E-state index is 0.129. The van der Waals surface area contributed by atoms with Gasteiger partial charge < -0.3 is 20.6 Å². The molecule has 0 aliphatic rings. The number of aromatic amines is 2. The van der Waals surface area contributed by atoms with Crippen LogP contribution in [0.2, 0.25) is 0 Å². The van der Waals surface area contributed by atoms with Gasteiger partial charge in [0.05, 0.1) is 5.69 Å². The van der Waals surface area contributed by atoms with E-state index in [1.807, 2.05) is 54.6 Å². The van der Waals surface area contributed by atoms with Crippen molar-refractivity contribution in [2.75, 3.05) is 11.9 Å². The number of H-pyrrole nitrogens is 2. The molecule has 4 aromatic heterocycles. The molecule has 0 radical (unpaired) electrons. The quantitative estimate of drug-likeness (QED) is 0.237. The van der Waals surface area contributed by atoms with E-state index < -0.39 is 0 Å². The van der Waals surface area contributed by atoms with Crippen LogP contribution in [0.4, 0.5) is 11.6 Å². The Kier molecular flexibility index (Phi) is 5.82. The molecule has 37 heavy (non-hydrogen) atoms. The van der Waals surface area contributed by atoms with E-state index in [1.165, 1.54) is 10.9 Å². The van der Waals surface area contributed by atoms with E-state index in [0.29, 0.717) is 18.2 Å². The van der Waals surface area contributed by atoms with Gasteiger partial charge >= 0.3 is 0 Å². The molecule has 0 fully saturated rings. The number of hydrogen-bond donors (Lipinski definition) is 4. The summed E-state index contributed by atoms with van der Waals surface area (Å²) in [6.45, 7) is 2.62. The molecule has 4 heterocycles. The lowest BCUT2D eigenvalue weighted by molar-refractivity contribution is 0.0950. The summed E-state index contributed by atoms with van der Waals surface area (Å²) in [7, 11) is 0. The Morgan fingerprint density at radius 3 is 2.76 bits per heavy atom. The molecule has 0 aliphatic carbocycles. The maximum absolute atomic E-state index is 12.8. The van der Waals surface area contributed by atoms with Crippen LogP contribution < -0.4 is 10.6 Å². The van der Waals surface area contributed by atoms with Gasteiger partial charge in [0.15, 0.2) is 0 Å². The number of rotatable bonds is 7. The minimum Gasteiger partial charge on any atom is -0.358 e. The number of nitrogens with zero attached hydrogens (tertiary/aromatic N) is 3. The second-order valence-electron chi connectivity index (χ2n) is 8.90. The predicted molar refractivity (Wildman–Crippen MR) is 146 cm³/mol. The summed E-state index contributed by atoms with van der Waals surface area (Å²) in [5.74, 6) is 0.359. The van der Waals surface area contributed by atoms with Gasteiger partial charge in [0.2, 0.25) is 5.95 Å². The van der Waals surface area contributed by atoms with Crippen molar-refractivity contribution in [3.05, 3.63) is 102 Å². The van der Waals surface area contributed by atoms with E-state index in [0.717, 1.165) is 45.5 Å². The van der Waals surface area contributed by atoms with Gasteiger partial charge in [-0.2, -0.15) is 0 Å². The number of amides is 1. The third-order valence-electron chi connectivity index (χ3n) is 6.42. The fraction of sp³-hybridized carbons (Fsp3) is 0.103. The number of hydrogen-bond acceptors (Lipinski definition) is 5. The van der Waals surface area contributed by atoms with E-state index >= 15 is 0 Å². The first-order valence-electron chi connectivity index (χ1n) is 12.1. The van der Waals surface area contributed by atoms with Crippen LogP contribution in [-0.4, -0.2) is 37.4 Å². The van der Waals surface area contributed by atoms with E-state index in [9.17, 15) is 4.79 Å². The maximum atomic E-state index is 12.8. The van der Waals surface area contributed by atoms with Gasteiger partial charge in [-0.1, -0.05) is 18.2 Å². The molecular formula is C29H25N7O. The van der Waals surface area contributed by atoms with Crippen LogP contribution in [0.5, 0.6) is 0 Å². The van der Waals surface area contributed by atoms with E-state index in [4.69, 9.17) is 0 Å². The SMILES string of the molecule is Cc1[nH]c2ccccc2c1CCNC(=O)c1cc2cc(Nc3nccc(-c4cccnc4)n3)ccc2[nH]1. The van der Waals surface area contributed by atoms with E-state index in [1.54, 1.807) is 18.6 Å². The Morgan fingerprint density at radius 1 is 0.946 bits per heavy atom. The molecule has 0 saturated heterocycles. The molecule has 6 rings (SSSR count). The Hall–Kier alpha value is -4.98. The van der Waals surface area contributed by atoms with Gasteiger partial charge in [0.1, 0.15) is 5.69 Å². The van der Waals surface area contributed by atoms with Crippen LogP contribution in [0.15, 0.2) is 85.3 Å². The first-order chi connectivity index (χ1) is 18.1. The minimum atomic E-state index is -0.129. The Morgan fingerprint density at radius 2 is 1.86 bits per heavy atom. The molecule has 0 saturated carbocycles. The van der Waals surface area contributed by atoms with Crippen LogP contribution in [0.3, 0.4) is 0 Å². The van der Waals surface area contributed by atoms with E-state index in [-0.39, 0.29) is 5.91 Å². The molecule has 0 bridgehead atoms. The number of aryl methyl sites for hydroxylation is 1. The molecule has 0 atom stereocenters. The summed E-state index contributed by atoms with van der Waals surface area (Å²) in [5.41, 5.74) is 7.44. The van der Waals surface area contributed by atoms with Gasteiger partial charge in [0.25, 0.3) is 5.91 Å². The smallest absolute Gasteiger partial charge is 0.267 e. The van der Waals surface area contributed by atoms with Crippen molar-refractivity contribution in [3.63, 3.8) is 0 Å². The third kappa shape index (κ3) is 4.64. The second-order valence-corrected chi connectivity index (χ2v) is 8.90. The largest absolute Gasteiger partial charge is 0.358 e. The van der Waals surface area contributed by atoms with Crippen LogP contribution in [0, 0.1) is 6.92 Å². The number of para-hydroxylation sites is 1. The van der Waals surface area contributed by atoms with Crippen LogP contribution in [0.25, 0.3) is 33.1 Å². The lowest BCUT2D eigenvalue weighted by Crippen LogP contribution is -2.26. The zero-order chi connectivity index (χ0) is 25.2. The Balaban J connectivity index is 1.14. The molecule has 0 aliphatic heterocycles. The number of fused-ring (bicyclic) bond motifs is 2. The van der Waals surface area contributed by atoms with Crippen LogP contribution in [0.1, 0.15) is 21.7 Å². The zero-order valence-electron chi connectivity index (χ0n) is 20.2. The highest BCUT2D eigenvalue weighted by Gasteiger charge is 2.12. The number of carbonyl (C=O) groups is 1. The van der Waals surface area contributed by atoms with Crippen molar-refractivity contribution in [3.8, 4) is 11.3 Å². The number of anilines is 2. The highest BCUT2D eigenvalue weighted by atomic mass is 16.1. The molecular weight excluding hydrogens is 462 g/mol. The van der Waals surface area contributed by atoms with Crippen molar-refractivity contribution in [1.82, 2.24) is 30.2 Å². The molecule has 4 N–H and O–H groups in total. The summed E-state index contributed by atoms with van der Waals surface area (Å²) in [6.07, 6.45) is 5.97. The highest BCUT2D eigenvalue weighted by molar-refractivity contribution is 5.98. The first-order valence-corrected chi connectivity index (χ1v) is 12.1. The summed E-state index contributed by atoms with van der Waals surface area (Å²) >= 11 is 0. The van der Waals surface area contributed by atoms with Gasteiger partial charge in [-0.15, -0.1) is 0 Å². The monoisotopic (exact) mass is 487 g/mol. The average Bonchev–Trinajstić information content (AvgIpc) is 3.49. The summed E-state index contributed by atoms with van der Waals surface area (Å²) < 4.78 is 0. The van der Waals surface area contributed by atoms with Crippen molar-refractivity contribution in [2.45, 2.75) is 13.3 Å². The number of nitrogens with one attached hydrogen (secondary N) is 4. The Bertz CT molecular complexity index is 1720. The fourth-order valence-corrected chi connectivity index (χ4v) is 4.61. The molecule has 8 nitrogen and oxygen atoms in total. The van der Waals surface area contributed by atoms with Gasteiger partial charge in [-0.3, -0.25) is 9.78 Å². The topological polar surface area (TPSA) is 111 Å². The third-order valence-corrected chi connectivity index (χ3v) is 6.42. The van der Waals surface area contributed by atoms with Crippen molar-refractivity contribution < 1.29 is 4.79 Å². The van der Waals surface area contributed by atoms with Crippen molar-refractivity contribution in [2.24, 2.45) is 0 Å². The average molecular weight is 488 g/mol. The van der Waals surface area contributed by atoms with Crippen LogP contribution >= 0.6 is 0 Å². The maximum Gasteiger partial charge on any atom is 0.267 e. The number of aromatic nitrogens is 5. The molecule has 2 aromatic carbocycles. The first kappa shape index (κ1) is 22.5. The number of carbonyl (C=O) groups excluding carboxylic acids is 1. The molecule has 0 spiro atoms. The van der Waals surface area contributed by atoms with Crippen LogP contribution in [-0.2, 0) is 6.42 Å². The second kappa shape index (κ2) is 9.58. The fourth-order valence-electron chi connectivity index (χ4n) is 4.61.